The van der Waals surface area contributed by atoms with Crippen LogP contribution in [0.4, 0.5) is 0 Å². The first-order chi connectivity index (χ1) is 15.7. The van der Waals surface area contributed by atoms with Crippen LogP contribution in [0, 0.1) is 16.7 Å². The van der Waals surface area contributed by atoms with Gasteiger partial charge in [0, 0.05) is 29.2 Å². The summed E-state index contributed by atoms with van der Waals surface area (Å²) in [7, 11) is 0. The van der Waals surface area contributed by atoms with Gasteiger partial charge in [0.05, 0.1) is 22.4 Å². The fourth-order valence-corrected chi connectivity index (χ4v) is 4.27. The molecule has 4 rings (SSSR count). The smallest absolute Gasteiger partial charge is 0.305 e. The van der Waals surface area contributed by atoms with E-state index in [9.17, 15) is 19.3 Å². The molecule has 0 spiro atoms. The monoisotopic (exact) mass is 458 g/mol. The molecular formula is C22H28N5O6+. The van der Waals surface area contributed by atoms with Gasteiger partial charge in [0.1, 0.15) is 6.61 Å². The maximum atomic E-state index is 13.2. The summed E-state index contributed by atoms with van der Waals surface area (Å²) in [5.41, 5.74) is 2.19. The fourth-order valence-electron chi connectivity index (χ4n) is 4.27. The molecule has 3 N–H and O–H groups in total. The summed E-state index contributed by atoms with van der Waals surface area (Å²) in [4.78, 5) is 50.4. The number of aromatic nitrogens is 4. The Morgan fingerprint density at radius 1 is 1.36 bits per heavy atom. The molecule has 3 atom stereocenters. The van der Waals surface area contributed by atoms with Gasteiger partial charge in [0.15, 0.2) is 5.69 Å². The molecule has 11 heteroatoms. The van der Waals surface area contributed by atoms with Crippen molar-refractivity contribution < 1.29 is 28.7 Å². The number of ether oxygens (including phenoxy) is 1. The van der Waals surface area contributed by atoms with Crippen molar-refractivity contribution in [3.63, 3.8) is 0 Å². The molecule has 176 valence electrons. The fraction of sp³-hybridized carbons (Fsp3) is 0.545. The second-order valence-corrected chi connectivity index (χ2v) is 9.02. The molecule has 0 bridgehead atoms. The van der Waals surface area contributed by atoms with Crippen LogP contribution in [0.25, 0.3) is 5.82 Å². The molecule has 2 aromatic rings. The number of amides is 1. The highest BCUT2D eigenvalue weighted by atomic mass is 16.5. The number of carboxylic acids is 1. The highest BCUT2D eigenvalue weighted by Crippen LogP contribution is 2.57. The van der Waals surface area contributed by atoms with Crippen LogP contribution in [0.1, 0.15) is 67.2 Å². The third-order valence-electron chi connectivity index (χ3n) is 6.23. The number of fused-ring (bicyclic) bond motifs is 3. The van der Waals surface area contributed by atoms with Crippen molar-refractivity contribution in [3.8, 4) is 5.82 Å². The average Bonchev–Trinajstić information content (AvgIpc) is 3.25. The molecule has 1 unspecified atom stereocenters. The lowest BCUT2D eigenvalue weighted by atomic mass is 10.0. The van der Waals surface area contributed by atoms with E-state index in [1.807, 2.05) is 13.8 Å². The number of aromatic amines is 1. The Kier molecular flexibility index (Phi) is 6.30. The zero-order valence-electron chi connectivity index (χ0n) is 18.6. The van der Waals surface area contributed by atoms with E-state index in [0.717, 1.165) is 24.1 Å². The molecule has 11 nitrogen and oxygen atoms in total. The molecule has 2 aromatic heterocycles. The van der Waals surface area contributed by atoms with Crippen molar-refractivity contribution in [1.29, 1.82) is 0 Å². The third kappa shape index (κ3) is 4.96. The number of hydrogen-bond acceptors (Lipinski definition) is 6. The highest BCUT2D eigenvalue weighted by molar-refractivity contribution is 5.94. The van der Waals surface area contributed by atoms with Crippen LogP contribution in [0.15, 0.2) is 18.6 Å². The van der Waals surface area contributed by atoms with E-state index in [2.05, 4.69) is 15.4 Å². The molecule has 0 saturated heterocycles. The zero-order valence-corrected chi connectivity index (χ0v) is 18.6. The maximum absolute atomic E-state index is 13.2. The topological polar surface area (TPSA) is 149 Å². The van der Waals surface area contributed by atoms with Crippen molar-refractivity contribution >= 4 is 17.8 Å². The first-order valence-electron chi connectivity index (χ1n) is 11.2. The summed E-state index contributed by atoms with van der Waals surface area (Å²) >= 11 is 0. The molecule has 2 heterocycles. The quantitative estimate of drug-likeness (QED) is 0.359. The van der Waals surface area contributed by atoms with E-state index in [4.69, 9.17) is 9.84 Å². The number of esters is 1. The maximum Gasteiger partial charge on any atom is 0.305 e. The van der Waals surface area contributed by atoms with E-state index in [0.29, 0.717) is 27.8 Å². The summed E-state index contributed by atoms with van der Waals surface area (Å²) in [6, 6.07) is -0.426. The van der Waals surface area contributed by atoms with E-state index in [1.54, 1.807) is 4.68 Å². The molecule has 0 radical (unpaired) electrons. The summed E-state index contributed by atoms with van der Waals surface area (Å²) in [5, 5.41) is 16.1. The van der Waals surface area contributed by atoms with Crippen molar-refractivity contribution in [3.05, 3.63) is 40.4 Å². The van der Waals surface area contributed by atoms with Crippen LogP contribution in [-0.2, 0) is 20.7 Å². The second-order valence-electron chi connectivity index (χ2n) is 9.02. The molecule has 2 aliphatic rings. The highest BCUT2D eigenvalue weighted by Gasteiger charge is 2.50. The van der Waals surface area contributed by atoms with Gasteiger partial charge in [-0.05, 0) is 31.1 Å². The van der Waals surface area contributed by atoms with Crippen molar-refractivity contribution in [2.45, 2.75) is 57.9 Å². The number of carboxylic acid groups (broad SMARTS) is 1. The summed E-state index contributed by atoms with van der Waals surface area (Å²) in [6.45, 7) is 3.81. The van der Waals surface area contributed by atoms with Crippen molar-refractivity contribution in [2.75, 3.05) is 6.61 Å². The van der Waals surface area contributed by atoms with Crippen LogP contribution < -0.4 is 9.74 Å². The van der Waals surface area contributed by atoms with Gasteiger partial charge in [-0.3, -0.25) is 14.4 Å². The lowest BCUT2D eigenvalue weighted by Gasteiger charge is -2.22. The largest absolute Gasteiger partial charge is 0.481 e. The first kappa shape index (κ1) is 22.7. The molecule has 0 aliphatic heterocycles. The van der Waals surface area contributed by atoms with Crippen LogP contribution in [0.2, 0.25) is 0 Å². The van der Waals surface area contributed by atoms with Gasteiger partial charge < -0.3 is 20.1 Å². The van der Waals surface area contributed by atoms with Crippen LogP contribution in [0.3, 0.4) is 0 Å². The van der Waals surface area contributed by atoms with Gasteiger partial charge in [-0.2, -0.15) is 5.10 Å². The summed E-state index contributed by atoms with van der Waals surface area (Å²) in [5.74, 6) is -0.470. The molecule has 1 amide bonds. The molecule has 33 heavy (non-hydrogen) atoms. The van der Waals surface area contributed by atoms with Crippen LogP contribution in [0.5, 0.6) is 0 Å². The Hall–Kier alpha value is -3.50. The summed E-state index contributed by atoms with van der Waals surface area (Å²) < 4.78 is 7.61. The Labute approximate surface area is 189 Å². The molecule has 2 aliphatic carbocycles. The number of hydrogen-bond donors (Lipinski definition) is 3. The van der Waals surface area contributed by atoms with E-state index >= 15 is 0 Å². The number of nitrogens with one attached hydrogen (secondary N) is 2. The molecule has 0 aromatic carbocycles. The molecule has 1 saturated carbocycles. The van der Waals surface area contributed by atoms with Crippen LogP contribution in [-0.4, -0.2) is 50.4 Å². The zero-order chi connectivity index (χ0) is 23.7. The van der Waals surface area contributed by atoms with Crippen molar-refractivity contribution in [2.24, 2.45) is 11.8 Å². The molecular weight excluding hydrogens is 430 g/mol. The Morgan fingerprint density at radius 3 is 2.85 bits per heavy atom. The van der Waals surface area contributed by atoms with Gasteiger partial charge in [-0.15, -0.1) is 0 Å². The van der Waals surface area contributed by atoms with Gasteiger partial charge in [0.2, 0.25) is 12.0 Å². The minimum Gasteiger partial charge on any atom is -0.481 e. The number of carbonyl (C=O) groups excluding carboxylic acids is 2. The predicted octanol–water partition coefficient (Wildman–Crippen LogP) is 1.33. The normalized spacial score (nSPS) is 19.0. The number of rotatable bonds is 10. The second kappa shape index (κ2) is 9.16. The lowest BCUT2D eigenvalue weighted by molar-refractivity contribution is -0.495. The standard InChI is InChI=1S/C22H27N5O6/c1-12(2)16(11-33-19(30)5-3-4-18(28)29)24-22(31)20-15-9-13-8-14(13)21(15)27(25-20)17-10-26(32)7-6-23-17/h6-7,10,12-14,16H,3-5,8-9,11H2,1-2H3,(H2-,23,24,28,29,31,32)/p+1/t13-,14-,16?/m1/s1. The minimum atomic E-state index is -0.960. The number of carbonyl (C=O) groups is 3. The Morgan fingerprint density at radius 2 is 2.15 bits per heavy atom. The van der Waals surface area contributed by atoms with E-state index in [1.165, 1.54) is 18.6 Å². The first-order valence-corrected chi connectivity index (χ1v) is 11.2. The van der Waals surface area contributed by atoms with Crippen molar-refractivity contribution in [1.82, 2.24) is 20.1 Å². The van der Waals surface area contributed by atoms with Gasteiger partial charge >= 0.3 is 11.9 Å². The molecule has 1 fully saturated rings. The van der Waals surface area contributed by atoms with E-state index < -0.39 is 18.0 Å². The Bertz CT molecular complexity index is 1140. The predicted molar refractivity (Wildman–Crippen MR) is 114 cm³/mol. The van der Waals surface area contributed by atoms with Gasteiger partial charge in [-0.25, -0.2) is 4.68 Å². The summed E-state index contributed by atoms with van der Waals surface area (Å²) in [6.07, 6.45) is 6.20. The van der Waals surface area contributed by atoms with Gasteiger partial charge in [0.25, 0.3) is 12.1 Å². The number of nitrogens with zero attached hydrogens (tertiary/aromatic N) is 3. The SMILES string of the molecule is CC(C)C(COC(=O)CCCC(=O)O)NC(=O)c1nn(-c2c[n+](=O)cc[nH]2)c2c1C[C@H]1C[C@@H]21. The van der Waals surface area contributed by atoms with Crippen LogP contribution >= 0.6 is 0 Å². The lowest BCUT2D eigenvalue weighted by Crippen LogP contribution is -2.42. The average molecular weight is 458 g/mol. The number of aliphatic carboxylic acids is 1. The third-order valence-corrected chi connectivity index (χ3v) is 6.23. The van der Waals surface area contributed by atoms with Gasteiger partial charge in [-0.1, -0.05) is 13.8 Å². The Balaban J connectivity index is 1.47. The van der Waals surface area contributed by atoms with E-state index in [-0.39, 0.29) is 37.7 Å². The minimum absolute atomic E-state index is 0.00783. The number of H-pyrrole nitrogens is 1.